The smallest absolute Gasteiger partial charge is 0.341 e. The van der Waals surface area contributed by atoms with Crippen molar-refractivity contribution in [2.75, 3.05) is 6.61 Å². The number of unbranched alkanes of at least 4 members (excludes halogenated alkanes) is 1. The highest BCUT2D eigenvalue weighted by Gasteiger charge is 2.20. The molecule has 1 amide bonds. The van der Waals surface area contributed by atoms with Crippen LogP contribution < -0.4 is 11.0 Å². The highest BCUT2D eigenvalue weighted by molar-refractivity contribution is 6.00. The van der Waals surface area contributed by atoms with E-state index in [2.05, 4.69) is 4.99 Å². The normalized spacial score (nSPS) is 11.9. The quantitative estimate of drug-likeness (QED) is 0.256. The Morgan fingerprint density at radius 3 is 2.54 bits per heavy atom. The van der Waals surface area contributed by atoms with Crippen LogP contribution in [0.15, 0.2) is 82.7 Å². The van der Waals surface area contributed by atoms with Crippen molar-refractivity contribution in [2.24, 2.45) is 4.99 Å². The van der Waals surface area contributed by atoms with Crippen molar-refractivity contribution < 1.29 is 14.3 Å². The molecule has 8 heteroatoms. The number of pyridine rings is 2. The number of amides is 1. The van der Waals surface area contributed by atoms with E-state index in [0.717, 1.165) is 23.6 Å². The first kappa shape index (κ1) is 24.1. The SMILES string of the molecule is CCCCn1c(=NC(=O)c2ccc3ccccc3c2)c(C(=O)OCC)cc2c(=O)n3ccccc3nc21. The topological polar surface area (TPSA) is 95.0 Å². The van der Waals surface area contributed by atoms with Crippen molar-refractivity contribution in [1.82, 2.24) is 14.0 Å². The largest absolute Gasteiger partial charge is 0.462 e. The Labute approximate surface area is 212 Å². The van der Waals surface area contributed by atoms with Crippen LogP contribution in [0.1, 0.15) is 47.4 Å². The number of rotatable bonds is 6. The maximum Gasteiger partial charge on any atom is 0.341 e. The Hall–Kier alpha value is -4.59. The summed E-state index contributed by atoms with van der Waals surface area (Å²) >= 11 is 0. The Morgan fingerprint density at radius 2 is 1.76 bits per heavy atom. The number of carbonyl (C=O) groups is 2. The van der Waals surface area contributed by atoms with Crippen LogP contribution in [0.2, 0.25) is 0 Å². The highest BCUT2D eigenvalue weighted by Crippen LogP contribution is 2.17. The van der Waals surface area contributed by atoms with Gasteiger partial charge in [-0.3, -0.25) is 14.0 Å². The van der Waals surface area contributed by atoms with Crippen molar-refractivity contribution >= 4 is 39.3 Å². The molecular weight excluding hydrogens is 468 g/mol. The number of nitrogens with zero attached hydrogens (tertiary/aromatic N) is 4. The van der Waals surface area contributed by atoms with Gasteiger partial charge in [0.15, 0.2) is 5.49 Å². The lowest BCUT2D eigenvalue weighted by Gasteiger charge is -2.15. The van der Waals surface area contributed by atoms with E-state index < -0.39 is 11.9 Å². The van der Waals surface area contributed by atoms with Gasteiger partial charge in [0.25, 0.3) is 11.5 Å². The second-order valence-electron chi connectivity index (χ2n) is 8.67. The van der Waals surface area contributed by atoms with Gasteiger partial charge in [-0.25, -0.2) is 9.78 Å². The van der Waals surface area contributed by atoms with Crippen LogP contribution in [-0.2, 0) is 11.3 Å². The summed E-state index contributed by atoms with van der Waals surface area (Å²) in [6.07, 6.45) is 3.21. The zero-order chi connectivity index (χ0) is 25.9. The molecule has 8 nitrogen and oxygen atoms in total. The fourth-order valence-corrected chi connectivity index (χ4v) is 4.37. The molecule has 0 fully saturated rings. The second-order valence-corrected chi connectivity index (χ2v) is 8.67. The molecule has 0 aliphatic carbocycles. The molecule has 186 valence electrons. The zero-order valence-corrected chi connectivity index (χ0v) is 20.7. The molecule has 3 heterocycles. The summed E-state index contributed by atoms with van der Waals surface area (Å²) in [7, 11) is 0. The highest BCUT2D eigenvalue weighted by atomic mass is 16.5. The van der Waals surface area contributed by atoms with Crippen LogP contribution in [0, 0.1) is 0 Å². The Bertz CT molecular complexity index is 1800. The van der Waals surface area contributed by atoms with Gasteiger partial charge in [0.1, 0.15) is 16.9 Å². The molecule has 5 aromatic rings. The van der Waals surface area contributed by atoms with E-state index in [1.807, 2.05) is 37.3 Å². The lowest BCUT2D eigenvalue weighted by atomic mass is 10.1. The number of hydrogen-bond acceptors (Lipinski definition) is 5. The van der Waals surface area contributed by atoms with Crippen LogP contribution in [0.3, 0.4) is 0 Å². The number of ether oxygens (including phenoxy) is 1. The summed E-state index contributed by atoms with van der Waals surface area (Å²) in [5.41, 5.74) is 1.08. The first-order valence-electron chi connectivity index (χ1n) is 12.3. The van der Waals surface area contributed by atoms with Crippen molar-refractivity contribution in [3.05, 3.63) is 99.9 Å². The van der Waals surface area contributed by atoms with E-state index in [1.165, 1.54) is 10.5 Å². The summed E-state index contributed by atoms with van der Waals surface area (Å²) in [4.78, 5) is 49.0. The van der Waals surface area contributed by atoms with Crippen molar-refractivity contribution in [2.45, 2.75) is 33.2 Å². The molecular formula is C29H26N4O4. The molecule has 37 heavy (non-hydrogen) atoms. The van der Waals surface area contributed by atoms with Gasteiger partial charge in [0.2, 0.25) is 0 Å². The summed E-state index contributed by atoms with van der Waals surface area (Å²) in [6.45, 7) is 4.29. The summed E-state index contributed by atoms with van der Waals surface area (Å²) in [5, 5.41) is 2.17. The van der Waals surface area contributed by atoms with E-state index in [0.29, 0.717) is 23.4 Å². The fraction of sp³-hybridized carbons (Fsp3) is 0.207. The fourth-order valence-electron chi connectivity index (χ4n) is 4.37. The predicted molar refractivity (Wildman–Crippen MR) is 142 cm³/mol. The van der Waals surface area contributed by atoms with Gasteiger partial charge >= 0.3 is 5.97 Å². The first-order valence-corrected chi connectivity index (χ1v) is 12.3. The second kappa shape index (κ2) is 10.2. The van der Waals surface area contributed by atoms with E-state index in [4.69, 9.17) is 9.72 Å². The third-order valence-corrected chi connectivity index (χ3v) is 6.22. The molecule has 5 rings (SSSR count). The number of hydrogen-bond donors (Lipinski definition) is 0. The number of fused-ring (bicyclic) bond motifs is 3. The minimum atomic E-state index is -0.655. The number of benzene rings is 2. The van der Waals surface area contributed by atoms with Crippen molar-refractivity contribution in [1.29, 1.82) is 0 Å². The molecule has 0 saturated heterocycles. The van der Waals surface area contributed by atoms with Crippen molar-refractivity contribution in [3.8, 4) is 0 Å². The average molecular weight is 495 g/mol. The molecule has 0 saturated carbocycles. The molecule has 0 spiro atoms. The van der Waals surface area contributed by atoms with Crippen LogP contribution in [0.5, 0.6) is 0 Å². The molecule has 0 unspecified atom stereocenters. The molecule has 0 aliphatic heterocycles. The Kier molecular flexibility index (Phi) is 6.64. The third kappa shape index (κ3) is 4.53. The zero-order valence-electron chi connectivity index (χ0n) is 20.7. The van der Waals surface area contributed by atoms with E-state index in [1.54, 1.807) is 48.0 Å². The molecule has 0 bridgehead atoms. The molecule has 0 aliphatic rings. The molecule has 2 aromatic carbocycles. The van der Waals surface area contributed by atoms with Crippen molar-refractivity contribution in [3.63, 3.8) is 0 Å². The standard InChI is InChI=1S/C29H26N4O4/c1-3-5-15-33-25-22(28(35)32-16-9-8-12-24(32)30-25)18-23(29(36)37-4-2)26(33)31-27(34)21-14-13-19-10-6-7-11-20(19)17-21/h6-14,16-18H,3-5,15H2,1-2H3. The number of aryl methyl sites for hydroxylation is 1. The van der Waals surface area contributed by atoms with Gasteiger partial charge in [-0.2, -0.15) is 4.99 Å². The van der Waals surface area contributed by atoms with E-state index in [9.17, 15) is 14.4 Å². The maximum atomic E-state index is 13.4. The molecule has 0 N–H and O–H groups in total. The van der Waals surface area contributed by atoms with Crippen LogP contribution in [0.4, 0.5) is 0 Å². The minimum Gasteiger partial charge on any atom is -0.462 e. The van der Waals surface area contributed by atoms with Crippen LogP contribution >= 0.6 is 0 Å². The first-order chi connectivity index (χ1) is 18.0. The van der Waals surface area contributed by atoms with Gasteiger partial charge in [0, 0.05) is 18.3 Å². The van der Waals surface area contributed by atoms with Gasteiger partial charge in [0.05, 0.1) is 12.0 Å². The molecule has 3 aromatic heterocycles. The Morgan fingerprint density at radius 1 is 0.973 bits per heavy atom. The summed E-state index contributed by atoms with van der Waals surface area (Å²) in [5.74, 6) is -1.16. The summed E-state index contributed by atoms with van der Waals surface area (Å²) < 4.78 is 8.42. The monoisotopic (exact) mass is 494 g/mol. The van der Waals surface area contributed by atoms with Gasteiger partial charge < -0.3 is 9.30 Å². The van der Waals surface area contributed by atoms with Gasteiger partial charge in [-0.15, -0.1) is 0 Å². The summed E-state index contributed by atoms with van der Waals surface area (Å²) in [6, 6.07) is 19.8. The maximum absolute atomic E-state index is 13.4. The average Bonchev–Trinajstić information content (AvgIpc) is 2.92. The number of aromatic nitrogens is 3. The minimum absolute atomic E-state index is 0.0503. The molecule has 0 atom stereocenters. The van der Waals surface area contributed by atoms with Crippen LogP contribution in [-0.4, -0.2) is 32.4 Å². The lowest BCUT2D eigenvalue weighted by Crippen LogP contribution is -2.32. The van der Waals surface area contributed by atoms with E-state index >= 15 is 0 Å². The number of esters is 1. The van der Waals surface area contributed by atoms with E-state index in [-0.39, 0.29) is 28.6 Å². The lowest BCUT2D eigenvalue weighted by molar-refractivity contribution is 0.0523. The van der Waals surface area contributed by atoms with Gasteiger partial charge in [-0.05, 0) is 54.4 Å². The third-order valence-electron chi connectivity index (χ3n) is 6.22. The van der Waals surface area contributed by atoms with Crippen LogP contribution in [0.25, 0.3) is 27.5 Å². The Balaban J connectivity index is 1.83. The predicted octanol–water partition coefficient (Wildman–Crippen LogP) is 4.52. The van der Waals surface area contributed by atoms with Gasteiger partial charge in [-0.1, -0.05) is 49.7 Å². The number of carbonyl (C=O) groups excluding carboxylic acids is 2. The molecule has 0 radical (unpaired) electrons.